The van der Waals surface area contributed by atoms with Crippen molar-refractivity contribution in [3.05, 3.63) is 18.5 Å². The lowest BCUT2D eigenvalue weighted by Crippen LogP contribution is -2.49. The molecule has 6 heteroatoms. The number of ether oxygens (including phenoxy) is 2. The number of carbonyl (C=O) groups excluding carboxylic acids is 1. The van der Waals surface area contributed by atoms with Crippen LogP contribution in [-0.2, 0) is 4.74 Å². The molecular weight excluding hydrogens is 294 g/mol. The summed E-state index contributed by atoms with van der Waals surface area (Å²) in [6.45, 7) is 4.68. The van der Waals surface area contributed by atoms with Gasteiger partial charge in [-0.2, -0.15) is 0 Å². The Morgan fingerprint density at radius 3 is 2.91 bits per heavy atom. The van der Waals surface area contributed by atoms with E-state index in [4.69, 9.17) is 9.47 Å². The molecule has 2 N–H and O–H groups in total. The van der Waals surface area contributed by atoms with E-state index in [1.165, 1.54) is 6.42 Å². The van der Waals surface area contributed by atoms with Crippen molar-refractivity contribution in [2.24, 2.45) is 0 Å². The van der Waals surface area contributed by atoms with E-state index in [0.29, 0.717) is 11.4 Å². The number of pyridine rings is 1. The van der Waals surface area contributed by atoms with Gasteiger partial charge in [0, 0.05) is 12.8 Å². The molecule has 2 aliphatic rings. The minimum atomic E-state index is -0.212. The molecule has 23 heavy (non-hydrogen) atoms. The summed E-state index contributed by atoms with van der Waals surface area (Å²) in [5, 5.41) is 6.00. The van der Waals surface area contributed by atoms with Gasteiger partial charge in [0.15, 0.2) is 5.75 Å². The number of anilines is 1. The maximum Gasteiger partial charge on any atom is 0.319 e. The molecule has 2 heterocycles. The minimum absolute atomic E-state index is 0.0215. The quantitative estimate of drug-likeness (QED) is 0.875. The highest BCUT2D eigenvalue weighted by atomic mass is 16.5. The first-order valence-corrected chi connectivity index (χ1v) is 8.40. The minimum Gasteiger partial charge on any atom is -0.487 e. The van der Waals surface area contributed by atoms with Crippen molar-refractivity contribution in [2.45, 2.75) is 63.7 Å². The molecule has 0 spiro atoms. The van der Waals surface area contributed by atoms with Crippen molar-refractivity contribution in [2.75, 3.05) is 11.9 Å². The van der Waals surface area contributed by atoms with E-state index >= 15 is 0 Å². The van der Waals surface area contributed by atoms with Gasteiger partial charge in [0.2, 0.25) is 0 Å². The molecule has 1 aliphatic heterocycles. The number of hydrogen-bond donors (Lipinski definition) is 2. The molecule has 0 aromatic carbocycles. The molecule has 6 nitrogen and oxygen atoms in total. The molecule has 1 saturated carbocycles. The van der Waals surface area contributed by atoms with Crippen molar-refractivity contribution in [3.63, 3.8) is 0 Å². The predicted octanol–water partition coefficient (Wildman–Crippen LogP) is 3.09. The van der Waals surface area contributed by atoms with Crippen LogP contribution in [-0.4, -0.2) is 35.4 Å². The van der Waals surface area contributed by atoms with Crippen LogP contribution in [0, 0.1) is 0 Å². The first kappa shape index (κ1) is 16.1. The number of carbonyl (C=O) groups is 1. The van der Waals surface area contributed by atoms with Crippen LogP contribution in [0.3, 0.4) is 0 Å². The molecule has 2 fully saturated rings. The van der Waals surface area contributed by atoms with Crippen LogP contribution in [0.2, 0.25) is 0 Å². The molecule has 0 radical (unpaired) electrons. The van der Waals surface area contributed by atoms with Gasteiger partial charge in [-0.15, -0.1) is 0 Å². The number of nitrogens with one attached hydrogen (secondary N) is 2. The lowest BCUT2D eigenvalue weighted by atomic mass is 10.0. The summed E-state index contributed by atoms with van der Waals surface area (Å²) in [4.78, 5) is 16.4. The second-order valence-electron chi connectivity index (χ2n) is 6.63. The summed E-state index contributed by atoms with van der Waals surface area (Å²) in [5.74, 6) is 0.580. The zero-order chi connectivity index (χ0) is 16.3. The van der Waals surface area contributed by atoms with E-state index < -0.39 is 0 Å². The first-order valence-electron chi connectivity index (χ1n) is 8.40. The third-order valence-corrected chi connectivity index (χ3v) is 4.34. The SMILES string of the molecule is CC(C)Oc1cnccc1NC(=O)NC1(C2CCCCO2)CC1. The Hall–Kier alpha value is -1.82. The highest BCUT2D eigenvalue weighted by Crippen LogP contribution is 2.43. The van der Waals surface area contributed by atoms with E-state index in [2.05, 4.69) is 15.6 Å². The van der Waals surface area contributed by atoms with Crippen LogP contribution in [0.4, 0.5) is 10.5 Å². The molecule has 1 aliphatic carbocycles. The summed E-state index contributed by atoms with van der Waals surface area (Å²) >= 11 is 0. The third-order valence-electron chi connectivity index (χ3n) is 4.34. The fourth-order valence-electron chi connectivity index (χ4n) is 3.05. The molecule has 1 aromatic heterocycles. The Kier molecular flexibility index (Phi) is 4.71. The van der Waals surface area contributed by atoms with Crippen LogP contribution in [0.25, 0.3) is 0 Å². The largest absolute Gasteiger partial charge is 0.487 e. The van der Waals surface area contributed by atoms with Crippen LogP contribution in [0.5, 0.6) is 5.75 Å². The zero-order valence-electron chi connectivity index (χ0n) is 13.8. The van der Waals surface area contributed by atoms with Crippen LogP contribution in [0.1, 0.15) is 46.0 Å². The van der Waals surface area contributed by atoms with Crippen LogP contribution in [0.15, 0.2) is 18.5 Å². The van der Waals surface area contributed by atoms with E-state index in [-0.39, 0.29) is 23.8 Å². The number of urea groups is 1. The first-order chi connectivity index (χ1) is 11.1. The summed E-state index contributed by atoms with van der Waals surface area (Å²) in [7, 11) is 0. The Morgan fingerprint density at radius 2 is 2.26 bits per heavy atom. The van der Waals surface area contributed by atoms with Crippen LogP contribution >= 0.6 is 0 Å². The van der Waals surface area contributed by atoms with Gasteiger partial charge in [0.25, 0.3) is 0 Å². The fraction of sp³-hybridized carbons (Fsp3) is 0.647. The monoisotopic (exact) mass is 319 g/mol. The van der Waals surface area contributed by atoms with Gasteiger partial charge in [-0.05, 0) is 52.0 Å². The van der Waals surface area contributed by atoms with Crippen molar-refractivity contribution in [3.8, 4) is 5.75 Å². The summed E-state index contributed by atoms with van der Waals surface area (Å²) in [6, 6.07) is 1.53. The zero-order valence-corrected chi connectivity index (χ0v) is 13.8. The number of amides is 2. The average Bonchev–Trinajstić information content (AvgIpc) is 3.30. The van der Waals surface area contributed by atoms with Gasteiger partial charge in [-0.3, -0.25) is 4.98 Å². The standard InChI is InChI=1S/C17H25N3O3/c1-12(2)23-14-11-18-9-6-13(14)19-16(21)20-17(7-8-17)15-5-3-4-10-22-15/h6,9,11-12,15H,3-5,7-8,10H2,1-2H3,(H2,18,19,20,21). The van der Waals surface area contributed by atoms with Gasteiger partial charge in [-0.1, -0.05) is 0 Å². The number of nitrogens with zero attached hydrogens (tertiary/aromatic N) is 1. The highest BCUT2D eigenvalue weighted by Gasteiger charge is 2.51. The van der Waals surface area contributed by atoms with Crippen molar-refractivity contribution in [1.82, 2.24) is 10.3 Å². The number of hydrogen-bond acceptors (Lipinski definition) is 4. The Balaban J connectivity index is 1.61. The molecule has 1 unspecified atom stereocenters. The Morgan fingerprint density at radius 1 is 1.43 bits per heavy atom. The van der Waals surface area contributed by atoms with Crippen molar-refractivity contribution in [1.29, 1.82) is 0 Å². The maximum atomic E-state index is 12.4. The molecule has 1 saturated heterocycles. The normalized spacial score (nSPS) is 22.5. The van der Waals surface area contributed by atoms with E-state index in [1.54, 1.807) is 18.5 Å². The summed E-state index contributed by atoms with van der Waals surface area (Å²) in [5.41, 5.74) is 0.447. The smallest absolute Gasteiger partial charge is 0.319 e. The lowest BCUT2D eigenvalue weighted by molar-refractivity contribution is -0.0119. The van der Waals surface area contributed by atoms with Crippen molar-refractivity contribution >= 4 is 11.7 Å². The second-order valence-corrected chi connectivity index (χ2v) is 6.63. The highest BCUT2D eigenvalue weighted by molar-refractivity contribution is 5.91. The molecular formula is C17H25N3O3. The number of rotatable bonds is 5. The Labute approximate surface area is 137 Å². The maximum absolute atomic E-state index is 12.4. The summed E-state index contributed by atoms with van der Waals surface area (Å²) in [6.07, 6.45) is 8.70. The van der Waals surface area contributed by atoms with Gasteiger partial charge in [0.05, 0.1) is 29.6 Å². The van der Waals surface area contributed by atoms with Gasteiger partial charge < -0.3 is 20.1 Å². The molecule has 2 amide bonds. The predicted molar refractivity (Wildman–Crippen MR) is 87.7 cm³/mol. The van der Waals surface area contributed by atoms with Gasteiger partial charge in [0.1, 0.15) is 0 Å². The number of aromatic nitrogens is 1. The van der Waals surface area contributed by atoms with Crippen LogP contribution < -0.4 is 15.4 Å². The lowest BCUT2D eigenvalue weighted by Gasteiger charge is -2.31. The molecule has 126 valence electrons. The molecule has 0 bridgehead atoms. The van der Waals surface area contributed by atoms with E-state index in [1.807, 2.05) is 13.8 Å². The van der Waals surface area contributed by atoms with E-state index in [9.17, 15) is 4.79 Å². The molecule has 3 rings (SSSR count). The molecule has 1 aromatic rings. The fourth-order valence-corrected chi connectivity index (χ4v) is 3.05. The molecule has 1 atom stereocenters. The Bertz CT molecular complexity index is 552. The average molecular weight is 319 g/mol. The van der Waals surface area contributed by atoms with Crippen molar-refractivity contribution < 1.29 is 14.3 Å². The second kappa shape index (κ2) is 6.74. The van der Waals surface area contributed by atoms with Gasteiger partial charge >= 0.3 is 6.03 Å². The van der Waals surface area contributed by atoms with E-state index in [0.717, 1.165) is 32.3 Å². The topological polar surface area (TPSA) is 72.5 Å². The van der Waals surface area contributed by atoms with Gasteiger partial charge in [-0.25, -0.2) is 4.79 Å². The third kappa shape index (κ3) is 3.93. The summed E-state index contributed by atoms with van der Waals surface area (Å²) < 4.78 is 11.5.